The number of nitriles is 1. The van der Waals surface area contributed by atoms with Gasteiger partial charge in [-0.15, -0.1) is 0 Å². The lowest BCUT2D eigenvalue weighted by molar-refractivity contribution is -0.142. The second-order valence-electron chi connectivity index (χ2n) is 3.98. The van der Waals surface area contributed by atoms with Gasteiger partial charge in [-0.3, -0.25) is 0 Å². The van der Waals surface area contributed by atoms with E-state index in [4.69, 9.17) is 20.2 Å². The molecule has 1 atom stereocenters. The molecule has 0 radical (unpaired) electrons. The molecule has 20 heavy (non-hydrogen) atoms. The Hall–Kier alpha value is -2.36. The van der Waals surface area contributed by atoms with Crippen LogP contribution >= 0.6 is 0 Å². The summed E-state index contributed by atoms with van der Waals surface area (Å²) in [5.41, 5.74) is 1.42. The van der Waals surface area contributed by atoms with Crippen molar-refractivity contribution in [1.29, 1.82) is 5.26 Å². The Morgan fingerprint density at radius 1 is 1.50 bits per heavy atom. The predicted molar refractivity (Wildman–Crippen MR) is 73.6 cm³/mol. The summed E-state index contributed by atoms with van der Waals surface area (Å²) < 4.78 is 4.71. The van der Waals surface area contributed by atoms with Gasteiger partial charge in [0, 0.05) is 12.7 Å². The number of ether oxygens (including phenoxy) is 1. The molecule has 0 saturated heterocycles. The molecule has 106 valence electrons. The van der Waals surface area contributed by atoms with Gasteiger partial charge < -0.3 is 20.3 Å². The number of nitrogens with zero attached hydrogens (tertiary/aromatic N) is 1. The lowest BCUT2D eigenvalue weighted by Gasteiger charge is -2.07. The maximum atomic E-state index is 11.6. The number of benzene rings is 1. The summed E-state index contributed by atoms with van der Waals surface area (Å²) >= 11 is 0. The topological polar surface area (TPSA) is 103 Å². The van der Waals surface area contributed by atoms with Gasteiger partial charge in [0.1, 0.15) is 24.4 Å². The minimum absolute atomic E-state index is 0.174. The molecule has 0 bridgehead atoms. The van der Waals surface area contributed by atoms with Crippen LogP contribution in [0.5, 0.6) is 0 Å². The molecule has 0 spiro atoms. The smallest absolute Gasteiger partial charge is 0.348 e. The summed E-state index contributed by atoms with van der Waals surface area (Å²) in [7, 11) is 1.79. The van der Waals surface area contributed by atoms with E-state index in [-0.39, 0.29) is 12.2 Å². The van der Waals surface area contributed by atoms with E-state index in [2.05, 4.69) is 5.32 Å². The van der Waals surface area contributed by atoms with E-state index < -0.39 is 18.7 Å². The van der Waals surface area contributed by atoms with Gasteiger partial charge in [-0.2, -0.15) is 5.26 Å². The average molecular weight is 276 g/mol. The highest BCUT2D eigenvalue weighted by atomic mass is 16.5. The first-order valence-corrected chi connectivity index (χ1v) is 5.96. The van der Waals surface area contributed by atoms with Crippen LogP contribution in [0.25, 0.3) is 6.08 Å². The van der Waals surface area contributed by atoms with Crippen LogP contribution in [0.3, 0.4) is 0 Å². The van der Waals surface area contributed by atoms with Gasteiger partial charge in [-0.05, 0) is 23.8 Å². The Kier molecular flexibility index (Phi) is 6.23. The Morgan fingerprint density at radius 3 is 2.65 bits per heavy atom. The van der Waals surface area contributed by atoms with E-state index in [0.717, 1.165) is 5.69 Å². The molecule has 3 N–H and O–H groups in total. The molecule has 0 aromatic heterocycles. The number of carbonyl (C=O) groups is 1. The molecule has 0 fully saturated rings. The van der Waals surface area contributed by atoms with E-state index >= 15 is 0 Å². The number of aliphatic hydroxyl groups excluding tert-OH is 2. The van der Waals surface area contributed by atoms with Crippen molar-refractivity contribution in [1.82, 2.24) is 0 Å². The van der Waals surface area contributed by atoms with Crippen molar-refractivity contribution in [3.05, 3.63) is 35.4 Å². The molecule has 6 heteroatoms. The second kappa shape index (κ2) is 7.94. The first-order chi connectivity index (χ1) is 9.60. The average Bonchev–Trinajstić information content (AvgIpc) is 2.50. The molecule has 6 nitrogen and oxygen atoms in total. The van der Waals surface area contributed by atoms with Crippen molar-refractivity contribution in [2.24, 2.45) is 0 Å². The fraction of sp³-hybridized carbons (Fsp3) is 0.286. The molecule has 1 rings (SSSR count). The van der Waals surface area contributed by atoms with Crippen LogP contribution in [0.1, 0.15) is 5.56 Å². The Bertz CT molecular complexity index is 517. The van der Waals surface area contributed by atoms with E-state index in [0.29, 0.717) is 5.56 Å². The zero-order valence-electron chi connectivity index (χ0n) is 11.0. The summed E-state index contributed by atoms with van der Waals surface area (Å²) in [5, 5.41) is 29.6. The zero-order chi connectivity index (χ0) is 15.0. The number of hydrogen-bond donors (Lipinski definition) is 3. The quantitative estimate of drug-likeness (QED) is 0.398. The normalized spacial score (nSPS) is 12.4. The number of aliphatic hydroxyl groups is 2. The van der Waals surface area contributed by atoms with Crippen molar-refractivity contribution in [3.8, 4) is 6.07 Å². The third kappa shape index (κ3) is 4.72. The van der Waals surface area contributed by atoms with E-state index in [1.807, 2.05) is 12.1 Å². The van der Waals surface area contributed by atoms with Crippen molar-refractivity contribution in [2.45, 2.75) is 6.10 Å². The molecule has 0 aliphatic rings. The lowest BCUT2D eigenvalue weighted by atomic mass is 10.1. The van der Waals surface area contributed by atoms with Crippen molar-refractivity contribution in [2.75, 3.05) is 25.6 Å². The van der Waals surface area contributed by atoms with Crippen LogP contribution < -0.4 is 5.32 Å². The van der Waals surface area contributed by atoms with E-state index in [1.54, 1.807) is 25.2 Å². The molecule has 1 aromatic rings. The second-order valence-corrected chi connectivity index (χ2v) is 3.98. The third-order valence-electron chi connectivity index (χ3n) is 2.47. The Morgan fingerprint density at radius 2 is 2.15 bits per heavy atom. The molecule has 0 heterocycles. The third-order valence-corrected chi connectivity index (χ3v) is 2.47. The Balaban J connectivity index is 2.75. The van der Waals surface area contributed by atoms with Crippen molar-refractivity contribution < 1.29 is 19.7 Å². The van der Waals surface area contributed by atoms with E-state index in [9.17, 15) is 4.79 Å². The lowest BCUT2D eigenvalue weighted by Crippen LogP contribution is -2.22. The summed E-state index contributed by atoms with van der Waals surface area (Å²) in [4.78, 5) is 11.6. The van der Waals surface area contributed by atoms with Gasteiger partial charge in [0.05, 0.1) is 6.61 Å². The van der Waals surface area contributed by atoms with Gasteiger partial charge >= 0.3 is 5.97 Å². The highest BCUT2D eigenvalue weighted by Crippen LogP contribution is 2.12. The number of rotatable bonds is 6. The van der Waals surface area contributed by atoms with Gasteiger partial charge in [0.2, 0.25) is 0 Å². The van der Waals surface area contributed by atoms with Crippen LogP contribution in [-0.2, 0) is 9.53 Å². The minimum atomic E-state index is -1.14. The summed E-state index contributed by atoms with van der Waals surface area (Å²) in [6.07, 6.45) is 0.251. The van der Waals surface area contributed by atoms with Gasteiger partial charge in [0.15, 0.2) is 0 Å². The number of nitrogens with one attached hydrogen (secondary N) is 1. The molecule has 0 aliphatic heterocycles. The fourth-order valence-electron chi connectivity index (χ4n) is 1.35. The molecule has 1 unspecified atom stereocenters. The van der Waals surface area contributed by atoms with Crippen LogP contribution in [0, 0.1) is 11.3 Å². The number of esters is 1. The van der Waals surface area contributed by atoms with Gasteiger partial charge in [-0.25, -0.2) is 4.79 Å². The largest absolute Gasteiger partial charge is 0.459 e. The predicted octanol–water partition coefficient (Wildman–Crippen LogP) is 0.532. The summed E-state index contributed by atoms with van der Waals surface area (Å²) in [6.45, 7) is -0.864. The minimum Gasteiger partial charge on any atom is -0.459 e. The molecular formula is C14H16N2O4. The molecule has 0 amide bonds. The highest BCUT2D eigenvalue weighted by molar-refractivity contribution is 5.97. The zero-order valence-corrected chi connectivity index (χ0v) is 11.0. The number of anilines is 1. The van der Waals surface area contributed by atoms with E-state index in [1.165, 1.54) is 6.08 Å². The number of hydrogen-bond acceptors (Lipinski definition) is 6. The van der Waals surface area contributed by atoms with Crippen LogP contribution in [-0.4, -0.2) is 42.5 Å². The van der Waals surface area contributed by atoms with Crippen molar-refractivity contribution in [3.63, 3.8) is 0 Å². The van der Waals surface area contributed by atoms with Gasteiger partial charge in [0.25, 0.3) is 0 Å². The summed E-state index contributed by atoms with van der Waals surface area (Å²) in [6, 6.07) is 8.86. The van der Waals surface area contributed by atoms with Crippen LogP contribution in [0.4, 0.5) is 5.69 Å². The first-order valence-electron chi connectivity index (χ1n) is 5.96. The van der Waals surface area contributed by atoms with Gasteiger partial charge in [-0.1, -0.05) is 12.1 Å². The maximum absolute atomic E-state index is 11.6. The van der Waals surface area contributed by atoms with Crippen molar-refractivity contribution >= 4 is 17.7 Å². The standard InChI is InChI=1S/C14H16N2O4/c1-16-12-4-2-10(3-5-12)6-11(7-15)14(19)20-9-13(18)8-17/h2-6,13,16-18H,8-9H2,1H3/b11-6+. The summed E-state index contributed by atoms with van der Waals surface area (Å²) in [5.74, 6) is -0.835. The monoisotopic (exact) mass is 276 g/mol. The maximum Gasteiger partial charge on any atom is 0.348 e. The molecule has 0 saturated carbocycles. The highest BCUT2D eigenvalue weighted by Gasteiger charge is 2.13. The number of carbonyl (C=O) groups excluding carboxylic acids is 1. The first kappa shape index (κ1) is 15.7. The molecular weight excluding hydrogens is 260 g/mol. The van der Waals surface area contributed by atoms with Crippen LogP contribution in [0.2, 0.25) is 0 Å². The fourth-order valence-corrected chi connectivity index (χ4v) is 1.35. The molecule has 1 aromatic carbocycles. The SMILES string of the molecule is CNc1ccc(/C=C(\C#N)C(=O)OCC(O)CO)cc1. The Labute approximate surface area is 116 Å². The van der Waals surface area contributed by atoms with Crippen LogP contribution in [0.15, 0.2) is 29.8 Å². The molecule has 0 aliphatic carbocycles.